The van der Waals surface area contributed by atoms with Crippen LogP contribution in [0.15, 0.2) is 29.0 Å². The molecule has 1 amide bonds. The van der Waals surface area contributed by atoms with Gasteiger partial charge in [0.25, 0.3) is 5.91 Å². The van der Waals surface area contributed by atoms with Crippen LogP contribution in [-0.4, -0.2) is 42.1 Å². The number of carbonyl (C=O) groups excluding carboxylic acids is 1. The maximum absolute atomic E-state index is 12.9. The van der Waals surface area contributed by atoms with E-state index in [-0.39, 0.29) is 11.9 Å². The van der Waals surface area contributed by atoms with Crippen molar-refractivity contribution in [2.45, 2.75) is 25.8 Å². The zero-order valence-corrected chi connectivity index (χ0v) is 14.5. The van der Waals surface area contributed by atoms with Gasteiger partial charge in [0.1, 0.15) is 5.69 Å². The van der Waals surface area contributed by atoms with E-state index in [2.05, 4.69) is 15.4 Å². The van der Waals surface area contributed by atoms with Crippen molar-refractivity contribution >= 4 is 5.91 Å². The number of carbonyl (C=O) groups is 1. The lowest BCUT2D eigenvalue weighted by atomic mass is 10.1. The molecule has 4 rings (SSSR count). The van der Waals surface area contributed by atoms with Gasteiger partial charge >= 0.3 is 0 Å². The molecule has 0 unspecified atom stereocenters. The molecule has 3 aromatic rings. The molecule has 1 saturated heterocycles. The normalized spacial score (nSPS) is 17.4. The summed E-state index contributed by atoms with van der Waals surface area (Å²) in [5, 5.41) is 12.8. The van der Waals surface area contributed by atoms with E-state index in [1.165, 1.54) is 0 Å². The van der Waals surface area contributed by atoms with E-state index in [1.54, 1.807) is 28.7 Å². The summed E-state index contributed by atoms with van der Waals surface area (Å²) in [5.41, 5.74) is 3.01. The van der Waals surface area contributed by atoms with Gasteiger partial charge in [-0.05, 0) is 25.8 Å². The second-order valence-electron chi connectivity index (χ2n) is 6.47. The molecular weight excluding hydrogens is 320 g/mol. The third-order valence-corrected chi connectivity index (χ3v) is 4.51. The van der Waals surface area contributed by atoms with Crippen LogP contribution in [0, 0.1) is 6.92 Å². The zero-order chi connectivity index (χ0) is 17.6. The SMILES string of the molecule is Cc1cc(-c2cn(C)nc2[C@H]2CCCN2C(=O)c2ccn(C)n2)on1. The van der Waals surface area contributed by atoms with Crippen LogP contribution in [0.4, 0.5) is 0 Å². The summed E-state index contributed by atoms with van der Waals surface area (Å²) >= 11 is 0. The number of amides is 1. The first kappa shape index (κ1) is 15.6. The van der Waals surface area contributed by atoms with Crippen molar-refractivity contribution in [2.75, 3.05) is 6.54 Å². The average Bonchev–Trinajstić information content (AvgIpc) is 3.32. The van der Waals surface area contributed by atoms with Crippen molar-refractivity contribution < 1.29 is 9.32 Å². The monoisotopic (exact) mass is 340 g/mol. The first-order chi connectivity index (χ1) is 12.0. The molecule has 8 heteroatoms. The fourth-order valence-corrected chi connectivity index (χ4v) is 3.40. The molecule has 1 fully saturated rings. The van der Waals surface area contributed by atoms with Crippen molar-refractivity contribution in [2.24, 2.45) is 14.1 Å². The summed E-state index contributed by atoms with van der Waals surface area (Å²) in [5.74, 6) is 0.617. The van der Waals surface area contributed by atoms with Crippen molar-refractivity contribution in [3.8, 4) is 11.3 Å². The number of rotatable bonds is 3. The minimum absolute atomic E-state index is 0.0616. The lowest BCUT2D eigenvalue weighted by molar-refractivity contribution is 0.0726. The standard InChI is InChI=1S/C17H20N6O2/c1-11-9-15(25-20-11)12-10-22(3)19-16(12)14-5-4-7-23(14)17(24)13-6-8-21(2)18-13/h6,8-10,14H,4-5,7H2,1-3H3/t14-/m1/s1. The highest BCUT2D eigenvalue weighted by molar-refractivity contribution is 5.92. The first-order valence-corrected chi connectivity index (χ1v) is 8.31. The minimum atomic E-state index is -0.0869. The molecule has 0 N–H and O–H groups in total. The van der Waals surface area contributed by atoms with E-state index in [4.69, 9.17) is 4.52 Å². The van der Waals surface area contributed by atoms with Gasteiger partial charge in [-0.25, -0.2) is 0 Å². The van der Waals surface area contributed by atoms with Crippen LogP contribution in [0.5, 0.6) is 0 Å². The predicted molar refractivity (Wildman–Crippen MR) is 89.7 cm³/mol. The van der Waals surface area contributed by atoms with Gasteiger partial charge in [0.15, 0.2) is 5.76 Å². The van der Waals surface area contributed by atoms with Crippen LogP contribution in [-0.2, 0) is 14.1 Å². The lowest BCUT2D eigenvalue weighted by Crippen LogP contribution is -2.31. The summed E-state index contributed by atoms with van der Waals surface area (Å²) in [6.07, 6.45) is 5.50. The molecule has 0 saturated carbocycles. The molecule has 1 aliphatic heterocycles. The summed E-state index contributed by atoms with van der Waals surface area (Å²) in [4.78, 5) is 14.7. The zero-order valence-electron chi connectivity index (χ0n) is 14.5. The van der Waals surface area contributed by atoms with Crippen LogP contribution in [0.25, 0.3) is 11.3 Å². The molecule has 4 heterocycles. The van der Waals surface area contributed by atoms with Crippen LogP contribution >= 0.6 is 0 Å². The molecular formula is C17H20N6O2. The Labute approximate surface area is 145 Å². The van der Waals surface area contributed by atoms with Gasteiger partial charge in [-0.2, -0.15) is 10.2 Å². The summed E-state index contributed by atoms with van der Waals surface area (Å²) < 4.78 is 8.82. The summed E-state index contributed by atoms with van der Waals surface area (Å²) in [6.45, 7) is 2.58. The van der Waals surface area contributed by atoms with E-state index >= 15 is 0 Å². The highest BCUT2D eigenvalue weighted by atomic mass is 16.5. The van der Waals surface area contributed by atoms with Gasteiger partial charge in [-0.15, -0.1) is 0 Å². The van der Waals surface area contributed by atoms with Crippen LogP contribution in [0.2, 0.25) is 0 Å². The quantitative estimate of drug-likeness (QED) is 0.729. The molecule has 8 nitrogen and oxygen atoms in total. The molecule has 0 bridgehead atoms. The molecule has 0 spiro atoms. The highest BCUT2D eigenvalue weighted by Gasteiger charge is 2.35. The molecule has 1 atom stereocenters. The third-order valence-electron chi connectivity index (χ3n) is 4.51. The summed E-state index contributed by atoms with van der Waals surface area (Å²) in [7, 11) is 3.68. The lowest BCUT2D eigenvalue weighted by Gasteiger charge is -2.23. The number of aryl methyl sites for hydroxylation is 3. The van der Waals surface area contributed by atoms with Crippen molar-refractivity contribution in [3.63, 3.8) is 0 Å². The van der Waals surface area contributed by atoms with Gasteiger partial charge < -0.3 is 9.42 Å². The molecule has 0 aliphatic carbocycles. The Balaban J connectivity index is 1.70. The fourth-order valence-electron chi connectivity index (χ4n) is 3.40. The Morgan fingerprint density at radius 1 is 1.28 bits per heavy atom. The number of likely N-dealkylation sites (tertiary alicyclic amines) is 1. The number of aromatic nitrogens is 5. The van der Waals surface area contributed by atoms with E-state index < -0.39 is 0 Å². The molecule has 1 aliphatic rings. The smallest absolute Gasteiger partial charge is 0.274 e. The molecule has 25 heavy (non-hydrogen) atoms. The minimum Gasteiger partial charge on any atom is -0.356 e. The number of hydrogen-bond donors (Lipinski definition) is 0. The van der Waals surface area contributed by atoms with Crippen molar-refractivity contribution in [3.05, 3.63) is 41.6 Å². The summed E-state index contributed by atoms with van der Waals surface area (Å²) in [6, 6.07) is 3.55. The highest BCUT2D eigenvalue weighted by Crippen LogP contribution is 2.37. The van der Waals surface area contributed by atoms with E-state index in [9.17, 15) is 4.79 Å². The third kappa shape index (κ3) is 2.73. The Morgan fingerprint density at radius 2 is 2.12 bits per heavy atom. The Morgan fingerprint density at radius 3 is 2.80 bits per heavy atom. The molecule has 0 radical (unpaired) electrons. The Bertz CT molecular complexity index is 921. The number of nitrogens with zero attached hydrogens (tertiary/aromatic N) is 6. The predicted octanol–water partition coefficient (Wildman–Crippen LogP) is 2.09. The van der Waals surface area contributed by atoms with Gasteiger partial charge in [0.05, 0.1) is 23.0 Å². The van der Waals surface area contributed by atoms with E-state index in [1.807, 2.05) is 31.1 Å². The van der Waals surface area contributed by atoms with E-state index in [0.717, 1.165) is 29.8 Å². The van der Waals surface area contributed by atoms with Gasteiger partial charge in [-0.1, -0.05) is 5.16 Å². The second-order valence-corrected chi connectivity index (χ2v) is 6.47. The maximum atomic E-state index is 12.9. The Kier molecular flexibility index (Phi) is 3.67. The topological polar surface area (TPSA) is 82.0 Å². The average molecular weight is 340 g/mol. The van der Waals surface area contributed by atoms with Gasteiger partial charge in [0.2, 0.25) is 0 Å². The largest absolute Gasteiger partial charge is 0.356 e. The van der Waals surface area contributed by atoms with Crippen LogP contribution in [0.3, 0.4) is 0 Å². The molecule has 0 aromatic carbocycles. The second kappa shape index (κ2) is 5.87. The van der Waals surface area contributed by atoms with Crippen LogP contribution < -0.4 is 0 Å². The van der Waals surface area contributed by atoms with Gasteiger partial charge in [0, 0.05) is 39.1 Å². The molecule has 130 valence electrons. The fraction of sp³-hybridized carbons (Fsp3) is 0.412. The maximum Gasteiger partial charge on any atom is 0.274 e. The van der Waals surface area contributed by atoms with E-state index in [0.29, 0.717) is 18.0 Å². The van der Waals surface area contributed by atoms with Crippen LogP contribution in [0.1, 0.15) is 40.8 Å². The van der Waals surface area contributed by atoms with Crippen molar-refractivity contribution in [1.82, 2.24) is 29.6 Å². The van der Waals surface area contributed by atoms with Gasteiger partial charge in [-0.3, -0.25) is 14.2 Å². The Hall–Kier alpha value is -2.90. The van der Waals surface area contributed by atoms with Crippen molar-refractivity contribution in [1.29, 1.82) is 0 Å². The molecule has 3 aromatic heterocycles. The first-order valence-electron chi connectivity index (χ1n) is 8.31. The number of hydrogen-bond acceptors (Lipinski definition) is 5.